The van der Waals surface area contributed by atoms with Gasteiger partial charge in [-0.1, -0.05) is 30.3 Å². The lowest BCUT2D eigenvalue weighted by atomic mass is 10.1. The van der Waals surface area contributed by atoms with E-state index in [1.54, 1.807) is 11.3 Å². The zero-order valence-corrected chi connectivity index (χ0v) is 19.0. The van der Waals surface area contributed by atoms with Crippen LogP contribution in [-0.2, 0) is 31.2 Å². The molecule has 7 nitrogen and oxygen atoms in total. The van der Waals surface area contributed by atoms with E-state index in [2.05, 4.69) is 58.0 Å². The van der Waals surface area contributed by atoms with Crippen molar-refractivity contribution < 1.29 is 4.74 Å². The highest BCUT2D eigenvalue weighted by atomic mass is 32.1. The molecule has 0 radical (unpaired) electrons. The lowest BCUT2D eigenvalue weighted by Gasteiger charge is -2.34. The lowest BCUT2D eigenvalue weighted by molar-refractivity contribution is -0.00805. The van der Waals surface area contributed by atoms with E-state index in [1.165, 1.54) is 10.6 Å². The second kappa shape index (κ2) is 10.5. The fraction of sp³-hybridized carbons (Fsp3) is 0.435. The first-order valence-corrected chi connectivity index (χ1v) is 11.7. The van der Waals surface area contributed by atoms with Gasteiger partial charge in [-0.15, -0.1) is 11.3 Å². The van der Waals surface area contributed by atoms with E-state index < -0.39 is 0 Å². The Morgan fingerprint density at radius 1 is 1.29 bits per heavy atom. The van der Waals surface area contributed by atoms with Crippen molar-refractivity contribution in [2.24, 2.45) is 12.0 Å². The molecule has 0 amide bonds. The van der Waals surface area contributed by atoms with Gasteiger partial charge in [0.05, 0.1) is 36.6 Å². The van der Waals surface area contributed by atoms with Crippen LogP contribution in [0.5, 0.6) is 0 Å². The Kier molecular flexibility index (Phi) is 7.32. The fourth-order valence-electron chi connectivity index (χ4n) is 3.66. The third-order valence-corrected chi connectivity index (χ3v) is 6.22. The quantitative estimate of drug-likeness (QED) is 0.453. The number of aryl methyl sites for hydroxylation is 3. The van der Waals surface area contributed by atoms with Crippen LogP contribution in [0.15, 0.2) is 53.1 Å². The number of nitrogens with one attached hydrogen (secondary N) is 1. The van der Waals surface area contributed by atoms with Crippen LogP contribution in [0, 0.1) is 0 Å². The number of rotatable bonds is 7. The summed E-state index contributed by atoms with van der Waals surface area (Å²) in [4.78, 5) is 11.9. The molecule has 1 N–H and O–H groups in total. The highest BCUT2D eigenvalue weighted by molar-refractivity contribution is 7.09. The molecule has 4 rings (SSSR count). The summed E-state index contributed by atoms with van der Waals surface area (Å²) in [5.74, 6) is 0.915. The maximum Gasteiger partial charge on any atom is 0.194 e. The summed E-state index contributed by atoms with van der Waals surface area (Å²) in [5.41, 5.74) is 3.48. The van der Waals surface area contributed by atoms with E-state index in [9.17, 15) is 0 Å². The first-order chi connectivity index (χ1) is 15.2. The van der Waals surface area contributed by atoms with Crippen LogP contribution >= 0.6 is 11.3 Å². The Labute approximate surface area is 187 Å². The van der Waals surface area contributed by atoms with Crippen LogP contribution in [0.2, 0.25) is 0 Å². The van der Waals surface area contributed by atoms with Gasteiger partial charge >= 0.3 is 0 Å². The minimum Gasteiger partial charge on any atom is -0.370 e. The van der Waals surface area contributed by atoms with Crippen molar-refractivity contribution in [3.8, 4) is 0 Å². The third kappa shape index (κ3) is 5.92. The Balaban J connectivity index is 1.37. The van der Waals surface area contributed by atoms with Crippen LogP contribution < -0.4 is 5.32 Å². The highest BCUT2D eigenvalue weighted by Gasteiger charge is 2.25. The van der Waals surface area contributed by atoms with Gasteiger partial charge in [0.2, 0.25) is 0 Å². The van der Waals surface area contributed by atoms with E-state index in [-0.39, 0.29) is 6.10 Å². The molecule has 8 heteroatoms. The standard InChI is InChI=1S/C23H30N6OS/c1-3-24-23(29-11-12-30-21(16-29)19-13-26-28(2)15-19)25-14-20-17-31-22(27-20)10-9-18-7-5-4-6-8-18/h4-8,13,15,17,21H,3,9-12,14,16H2,1-2H3,(H,24,25). The van der Waals surface area contributed by atoms with E-state index in [4.69, 9.17) is 14.7 Å². The number of benzene rings is 1. The predicted octanol–water partition coefficient (Wildman–Crippen LogP) is 3.20. The second-order valence-electron chi connectivity index (χ2n) is 7.64. The number of nitrogens with zero attached hydrogens (tertiary/aromatic N) is 5. The molecule has 164 valence electrons. The Morgan fingerprint density at radius 3 is 2.94 bits per heavy atom. The average Bonchev–Trinajstić information content (AvgIpc) is 3.45. The third-order valence-electron chi connectivity index (χ3n) is 5.26. The van der Waals surface area contributed by atoms with Gasteiger partial charge in [-0.2, -0.15) is 5.10 Å². The molecule has 1 unspecified atom stereocenters. The predicted molar refractivity (Wildman–Crippen MR) is 124 cm³/mol. The minimum absolute atomic E-state index is 0.00941. The smallest absolute Gasteiger partial charge is 0.194 e. The number of ether oxygens (including phenoxy) is 1. The number of thiazole rings is 1. The van der Waals surface area contributed by atoms with Gasteiger partial charge in [0.25, 0.3) is 0 Å². The molecule has 1 aliphatic heterocycles. The Morgan fingerprint density at radius 2 is 2.16 bits per heavy atom. The molecule has 0 aliphatic carbocycles. The molecule has 3 aromatic rings. The number of hydrogen-bond donors (Lipinski definition) is 1. The van der Waals surface area contributed by atoms with E-state index in [1.807, 2.05) is 24.1 Å². The number of hydrogen-bond acceptors (Lipinski definition) is 5. The Bertz CT molecular complexity index is 983. The van der Waals surface area contributed by atoms with Crippen molar-refractivity contribution >= 4 is 17.3 Å². The van der Waals surface area contributed by atoms with Crippen LogP contribution in [0.4, 0.5) is 0 Å². The molecule has 1 fully saturated rings. The summed E-state index contributed by atoms with van der Waals surface area (Å²) in [7, 11) is 1.93. The molecule has 1 saturated heterocycles. The number of aromatic nitrogens is 3. The van der Waals surface area contributed by atoms with Crippen molar-refractivity contribution in [3.63, 3.8) is 0 Å². The van der Waals surface area contributed by atoms with Crippen LogP contribution in [0.3, 0.4) is 0 Å². The van der Waals surface area contributed by atoms with Gasteiger partial charge in [-0.05, 0) is 18.9 Å². The molecule has 2 aromatic heterocycles. The maximum absolute atomic E-state index is 5.98. The summed E-state index contributed by atoms with van der Waals surface area (Å²) in [6, 6.07) is 10.6. The minimum atomic E-state index is 0.00941. The number of aliphatic imine (C=N–C) groups is 1. The van der Waals surface area contributed by atoms with Crippen molar-refractivity contribution in [2.45, 2.75) is 32.4 Å². The van der Waals surface area contributed by atoms with Crippen molar-refractivity contribution in [3.05, 3.63) is 69.9 Å². The van der Waals surface area contributed by atoms with Gasteiger partial charge in [0.15, 0.2) is 5.96 Å². The summed E-state index contributed by atoms with van der Waals surface area (Å²) in [6.45, 7) is 5.76. The molecule has 1 aliphatic rings. The SMILES string of the molecule is CCNC(=NCc1csc(CCc2ccccc2)n1)N1CCOC(c2cnn(C)c2)C1. The van der Waals surface area contributed by atoms with Crippen LogP contribution in [-0.4, -0.2) is 51.9 Å². The van der Waals surface area contributed by atoms with Gasteiger partial charge < -0.3 is 15.0 Å². The molecular formula is C23H30N6OS. The molecule has 1 aromatic carbocycles. The molecule has 31 heavy (non-hydrogen) atoms. The first kappa shape index (κ1) is 21.5. The number of guanidine groups is 1. The molecule has 1 atom stereocenters. The van der Waals surface area contributed by atoms with Crippen molar-refractivity contribution in [1.82, 2.24) is 25.0 Å². The van der Waals surface area contributed by atoms with Gasteiger partial charge in [-0.3, -0.25) is 4.68 Å². The topological polar surface area (TPSA) is 67.6 Å². The largest absolute Gasteiger partial charge is 0.370 e. The zero-order chi connectivity index (χ0) is 21.5. The zero-order valence-electron chi connectivity index (χ0n) is 18.2. The lowest BCUT2D eigenvalue weighted by Crippen LogP contribution is -2.48. The van der Waals surface area contributed by atoms with E-state index in [0.29, 0.717) is 13.2 Å². The van der Waals surface area contributed by atoms with Gasteiger partial charge in [0, 0.05) is 43.7 Å². The summed E-state index contributed by atoms with van der Waals surface area (Å²) < 4.78 is 7.79. The molecule has 3 heterocycles. The van der Waals surface area contributed by atoms with Crippen LogP contribution in [0.1, 0.15) is 34.9 Å². The van der Waals surface area contributed by atoms with Crippen LogP contribution in [0.25, 0.3) is 0 Å². The summed E-state index contributed by atoms with van der Waals surface area (Å²) >= 11 is 1.73. The monoisotopic (exact) mass is 438 g/mol. The summed E-state index contributed by atoms with van der Waals surface area (Å²) in [5, 5.41) is 11.0. The first-order valence-electron chi connectivity index (χ1n) is 10.8. The molecular weight excluding hydrogens is 408 g/mol. The van der Waals surface area contributed by atoms with Gasteiger partial charge in [-0.25, -0.2) is 9.98 Å². The fourth-order valence-corrected chi connectivity index (χ4v) is 4.45. The van der Waals surface area contributed by atoms with E-state index in [0.717, 1.165) is 49.7 Å². The Hall–Kier alpha value is -2.71. The molecule has 0 bridgehead atoms. The van der Waals surface area contributed by atoms with Crippen molar-refractivity contribution in [2.75, 3.05) is 26.2 Å². The molecule has 0 spiro atoms. The normalized spacial score (nSPS) is 17.2. The molecule has 0 saturated carbocycles. The summed E-state index contributed by atoms with van der Waals surface area (Å²) in [6.07, 6.45) is 5.89. The second-order valence-corrected chi connectivity index (χ2v) is 8.58. The maximum atomic E-state index is 5.98. The highest BCUT2D eigenvalue weighted by Crippen LogP contribution is 2.22. The van der Waals surface area contributed by atoms with Gasteiger partial charge in [0.1, 0.15) is 6.10 Å². The number of morpholine rings is 1. The average molecular weight is 439 g/mol. The van der Waals surface area contributed by atoms with Crippen molar-refractivity contribution in [1.29, 1.82) is 0 Å². The van der Waals surface area contributed by atoms with E-state index >= 15 is 0 Å².